The Morgan fingerprint density at radius 2 is 0.905 bits per heavy atom. The summed E-state index contributed by atoms with van der Waals surface area (Å²) in [5, 5.41) is 5.11. The molecule has 0 aromatic heterocycles. The van der Waals surface area contributed by atoms with Crippen molar-refractivity contribution in [2.24, 2.45) is 0 Å². The molecule has 200 valence electrons. The first-order valence-corrected chi connectivity index (χ1v) is 14.7. The third kappa shape index (κ3) is 3.93. The summed E-state index contributed by atoms with van der Waals surface area (Å²) in [6.07, 6.45) is 0. The van der Waals surface area contributed by atoms with Crippen molar-refractivity contribution in [3.8, 4) is 33.4 Å². The first-order chi connectivity index (χ1) is 20.5. The molecule has 0 aliphatic heterocycles. The van der Waals surface area contributed by atoms with Gasteiger partial charge in [-0.3, -0.25) is 0 Å². The van der Waals surface area contributed by atoms with E-state index >= 15 is 0 Å². The van der Waals surface area contributed by atoms with Crippen molar-refractivity contribution in [3.63, 3.8) is 0 Å². The van der Waals surface area contributed by atoms with Gasteiger partial charge in [0.2, 0.25) is 0 Å². The van der Waals surface area contributed by atoms with Gasteiger partial charge in [0.15, 0.2) is 0 Å². The van der Waals surface area contributed by atoms with Gasteiger partial charge in [-0.15, -0.1) is 0 Å². The second-order valence-corrected chi connectivity index (χ2v) is 11.7. The standard InChI is InChI=1S/C41H31N/c1-26-18-27(2)41(28(3)19-26)42(35-12-8-5-9-13-35)36-17-16-32-23-38-39-24-33-20-30(29-10-6-4-7-11-29)14-15-31(33)22-37(39)40(38)25-34(32)21-36/h4-25H,1-3H3. The van der Waals surface area contributed by atoms with E-state index < -0.39 is 0 Å². The van der Waals surface area contributed by atoms with Gasteiger partial charge in [0, 0.05) is 11.4 Å². The first kappa shape index (κ1) is 24.6. The van der Waals surface area contributed by atoms with Crippen LogP contribution in [0.4, 0.5) is 17.1 Å². The van der Waals surface area contributed by atoms with Gasteiger partial charge in [-0.2, -0.15) is 0 Å². The maximum absolute atomic E-state index is 2.41. The smallest absolute Gasteiger partial charge is 0.0520 e. The Labute approximate surface area is 247 Å². The summed E-state index contributed by atoms with van der Waals surface area (Å²) in [6, 6.07) is 49.2. The highest BCUT2D eigenvalue weighted by Gasteiger charge is 2.24. The predicted octanol–water partition coefficient (Wildman–Crippen LogP) is 11.7. The Balaban J connectivity index is 1.23. The molecule has 1 nitrogen and oxygen atoms in total. The SMILES string of the molecule is Cc1cc(C)c(N(c2ccccc2)c2ccc3cc4c(cc3c2)-c2cc3ccc(-c5ccccc5)cc3cc2-4)c(C)c1. The van der Waals surface area contributed by atoms with E-state index in [1.165, 1.54) is 88.7 Å². The molecule has 0 heterocycles. The minimum atomic E-state index is 1.17. The van der Waals surface area contributed by atoms with E-state index in [4.69, 9.17) is 0 Å². The molecule has 8 rings (SSSR count). The quantitative estimate of drug-likeness (QED) is 0.216. The summed E-state index contributed by atoms with van der Waals surface area (Å²) < 4.78 is 0. The van der Waals surface area contributed by atoms with Crippen LogP contribution in [0.15, 0.2) is 133 Å². The van der Waals surface area contributed by atoms with Crippen LogP contribution in [0.2, 0.25) is 0 Å². The van der Waals surface area contributed by atoms with Crippen LogP contribution >= 0.6 is 0 Å². The molecule has 1 aliphatic rings. The number of hydrogen-bond acceptors (Lipinski definition) is 1. The maximum atomic E-state index is 2.41. The molecule has 0 saturated carbocycles. The molecular weight excluding hydrogens is 506 g/mol. The van der Waals surface area contributed by atoms with Crippen LogP contribution in [-0.2, 0) is 0 Å². The third-order valence-corrected chi connectivity index (χ3v) is 8.76. The van der Waals surface area contributed by atoms with Crippen molar-refractivity contribution in [2.75, 3.05) is 4.90 Å². The normalized spacial score (nSPS) is 11.7. The minimum absolute atomic E-state index is 1.17. The number of fused-ring (bicyclic) bond motifs is 6. The number of anilines is 3. The van der Waals surface area contributed by atoms with Crippen molar-refractivity contribution in [1.29, 1.82) is 0 Å². The first-order valence-electron chi connectivity index (χ1n) is 14.7. The zero-order valence-corrected chi connectivity index (χ0v) is 24.1. The molecule has 42 heavy (non-hydrogen) atoms. The summed E-state index contributed by atoms with van der Waals surface area (Å²) in [5.41, 5.74) is 15.4. The molecule has 1 aliphatic carbocycles. The fourth-order valence-electron chi connectivity index (χ4n) is 6.87. The van der Waals surface area contributed by atoms with E-state index in [0.29, 0.717) is 0 Å². The highest BCUT2D eigenvalue weighted by Crippen LogP contribution is 2.51. The maximum Gasteiger partial charge on any atom is 0.0520 e. The summed E-state index contributed by atoms with van der Waals surface area (Å²) >= 11 is 0. The summed E-state index contributed by atoms with van der Waals surface area (Å²) in [5.74, 6) is 0. The van der Waals surface area contributed by atoms with E-state index in [1.54, 1.807) is 0 Å². The molecule has 0 fully saturated rings. The van der Waals surface area contributed by atoms with E-state index in [1.807, 2.05) is 0 Å². The van der Waals surface area contributed by atoms with Gasteiger partial charge in [0.25, 0.3) is 0 Å². The second-order valence-electron chi connectivity index (χ2n) is 11.7. The van der Waals surface area contributed by atoms with Crippen molar-refractivity contribution in [2.45, 2.75) is 20.8 Å². The van der Waals surface area contributed by atoms with Gasteiger partial charge < -0.3 is 4.90 Å². The Morgan fingerprint density at radius 1 is 0.381 bits per heavy atom. The number of nitrogens with zero attached hydrogens (tertiary/aromatic N) is 1. The van der Waals surface area contributed by atoms with Gasteiger partial charge in [-0.1, -0.05) is 84.4 Å². The van der Waals surface area contributed by atoms with E-state index in [-0.39, 0.29) is 0 Å². The molecule has 7 aromatic carbocycles. The van der Waals surface area contributed by atoms with Crippen molar-refractivity contribution in [1.82, 2.24) is 0 Å². The largest absolute Gasteiger partial charge is 0.310 e. The Hall–Kier alpha value is -5.14. The van der Waals surface area contributed by atoms with Gasteiger partial charge in [0.05, 0.1) is 5.69 Å². The van der Waals surface area contributed by atoms with Crippen molar-refractivity contribution < 1.29 is 0 Å². The van der Waals surface area contributed by atoms with Gasteiger partial charge >= 0.3 is 0 Å². The Morgan fingerprint density at radius 3 is 1.52 bits per heavy atom. The number of aryl methyl sites for hydroxylation is 3. The van der Waals surface area contributed by atoms with Crippen LogP contribution in [0.25, 0.3) is 54.9 Å². The molecule has 0 amide bonds. The second kappa shape index (κ2) is 9.46. The molecular formula is C41H31N. The third-order valence-electron chi connectivity index (χ3n) is 8.76. The van der Waals surface area contributed by atoms with Crippen LogP contribution in [0.1, 0.15) is 16.7 Å². The van der Waals surface area contributed by atoms with Crippen LogP contribution in [0, 0.1) is 20.8 Å². The number of para-hydroxylation sites is 1. The predicted molar refractivity (Wildman–Crippen MR) is 180 cm³/mol. The van der Waals surface area contributed by atoms with Gasteiger partial charge in [-0.05, 0) is 141 Å². The van der Waals surface area contributed by atoms with Gasteiger partial charge in [-0.25, -0.2) is 0 Å². The topological polar surface area (TPSA) is 3.24 Å². The molecule has 0 radical (unpaired) electrons. The molecule has 0 atom stereocenters. The highest BCUT2D eigenvalue weighted by molar-refractivity contribution is 6.12. The molecule has 0 unspecified atom stereocenters. The average molecular weight is 538 g/mol. The molecule has 0 spiro atoms. The molecule has 0 bridgehead atoms. The summed E-state index contributed by atoms with van der Waals surface area (Å²) in [4.78, 5) is 2.41. The van der Waals surface area contributed by atoms with Crippen LogP contribution < -0.4 is 4.90 Å². The molecule has 0 N–H and O–H groups in total. The van der Waals surface area contributed by atoms with Gasteiger partial charge in [0.1, 0.15) is 0 Å². The van der Waals surface area contributed by atoms with Crippen LogP contribution in [0.5, 0.6) is 0 Å². The fraction of sp³-hybridized carbons (Fsp3) is 0.0732. The van der Waals surface area contributed by atoms with Crippen molar-refractivity contribution in [3.05, 3.63) is 150 Å². The Kier molecular flexibility index (Phi) is 5.55. The van der Waals surface area contributed by atoms with Crippen LogP contribution in [-0.4, -0.2) is 0 Å². The average Bonchev–Trinajstić information content (AvgIpc) is 3.01. The molecule has 1 heteroatoms. The lowest BCUT2D eigenvalue weighted by molar-refractivity contribution is 1.21. The minimum Gasteiger partial charge on any atom is -0.310 e. The van der Waals surface area contributed by atoms with E-state index in [9.17, 15) is 0 Å². The fourth-order valence-corrected chi connectivity index (χ4v) is 6.87. The summed E-state index contributed by atoms with van der Waals surface area (Å²) in [7, 11) is 0. The van der Waals surface area contributed by atoms with E-state index in [0.717, 1.165) is 0 Å². The van der Waals surface area contributed by atoms with Crippen LogP contribution in [0.3, 0.4) is 0 Å². The lowest BCUT2D eigenvalue weighted by atomic mass is 9.77. The zero-order chi connectivity index (χ0) is 28.4. The Bertz CT molecular complexity index is 2130. The number of rotatable bonds is 4. The number of benzene rings is 7. The molecule has 7 aromatic rings. The summed E-state index contributed by atoms with van der Waals surface area (Å²) in [6.45, 7) is 6.62. The number of hydrogen-bond donors (Lipinski definition) is 0. The lowest BCUT2D eigenvalue weighted by Gasteiger charge is -2.30. The zero-order valence-electron chi connectivity index (χ0n) is 24.1. The molecule has 0 saturated heterocycles. The lowest BCUT2D eigenvalue weighted by Crippen LogP contribution is -2.13. The monoisotopic (exact) mass is 537 g/mol. The highest BCUT2D eigenvalue weighted by atomic mass is 15.1. The van der Waals surface area contributed by atoms with E-state index in [2.05, 4.69) is 159 Å². The van der Waals surface area contributed by atoms with Crippen molar-refractivity contribution >= 4 is 38.6 Å².